The molecule has 3 heterocycles. The van der Waals surface area contributed by atoms with Crippen LogP contribution < -0.4 is 16.4 Å². The summed E-state index contributed by atoms with van der Waals surface area (Å²) in [7, 11) is 0. The fourth-order valence-corrected chi connectivity index (χ4v) is 3.67. The Hall–Kier alpha value is -3.56. The summed E-state index contributed by atoms with van der Waals surface area (Å²) in [5.41, 5.74) is 7.24. The van der Waals surface area contributed by atoms with E-state index in [9.17, 15) is 19.5 Å². The number of carbonyl (C=O) groups is 3. The number of anilines is 2. The first-order chi connectivity index (χ1) is 13.3. The largest absolute Gasteiger partial charge is 0.477 e. The molecule has 0 saturated carbocycles. The van der Waals surface area contributed by atoms with Crippen molar-refractivity contribution >= 4 is 40.6 Å². The smallest absolute Gasteiger partial charge is 0.352 e. The number of carboxylic acids is 1. The summed E-state index contributed by atoms with van der Waals surface area (Å²) < 4.78 is 5.24. The van der Waals surface area contributed by atoms with Crippen molar-refractivity contribution in [3.63, 3.8) is 0 Å². The van der Waals surface area contributed by atoms with Crippen LogP contribution in [0, 0.1) is 5.92 Å². The lowest BCUT2D eigenvalue weighted by molar-refractivity contribution is -0.156. The first-order valence-electron chi connectivity index (χ1n) is 8.81. The number of nitrogens with one attached hydrogen (secondary N) is 2. The quantitative estimate of drug-likeness (QED) is 0.544. The number of carbonyl (C=O) groups excluding carboxylic acids is 2. The molecule has 0 unspecified atom stereocenters. The van der Waals surface area contributed by atoms with Crippen LogP contribution in [0.15, 0.2) is 34.4 Å². The highest BCUT2D eigenvalue weighted by atomic mass is 16.4. The van der Waals surface area contributed by atoms with Crippen LogP contribution in [-0.2, 0) is 14.4 Å². The normalized spacial score (nSPS) is 23.6. The van der Waals surface area contributed by atoms with Crippen molar-refractivity contribution in [3.8, 4) is 0 Å². The number of benzene rings is 1. The highest BCUT2D eigenvalue weighted by Gasteiger charge is 2.52. The second-order valence-corrected chi connectivity index (χ2v) is 6.98. The Labute approximate surface area is 159 Å². The zero-order chi connectivity index (χ0) is 20.0. The summed E-state index contributed by atoms with van der Waals surface area (Å²) in [6.07, 6.45) is 2.17. The van der Waals surface area contributed by atoms with E-state index in [1.54, 1.807) is 24.3 Å². The second kappa shape index (κ2) is 6.55. The van der Waals surface area contributed by atoms with Crippen LogP contribution in [-0.4, -0.2) is 51.4 Å². The maximum Gasteiger partial charge on any atom is 0.352 e. The molecular formula is C18H19N5O5. The first kappa shape index (κ1) is 17.8. The van der Waals surface area contributed by atoms with Gasteiger partial charge in [0.15, 0.2) is 5.58 Å². The fraction of sp³-hybridized carbons (Fsp3) is 0.333. The van der Waals surface area contributed by atoms with Gasteiger partial charge in [-0.3, -0.25) is 14.5 Å². The molecule has 1 saturated heterocycles. The number of β-lactam (4-membered cyclic amide) rings is 1. The van der Waals surface area contributed by atoms with Crippen LogP contribution >= 0.6 is 0 Å². The molecule has 1 aromatic carbocycles. The number of nitrogen functional groups attached to an aromatic ring is 1. The van der Waals surface area contributed by atoms with E-state index in [0.717, 1.165) is 0 Å². The van der Waals surface area contributed by atoms with Gasteiger partial charge in [0.05, 0.1) is 12.6 Å². The molecule has 0 aliphatic carbocycles. The van der Waals surface area contributed by atoms with E-state index >= 15 is 0 Å². The van der Waals surface area contributed by atoms with Gasteiger partial charge in [0.1, 0.15) is 17.3 Å². The SMILES string of the molecule is C[C@H]1C=C(C(=O)O)N2C(=O)[C@@H](NC(=O)CNc3ccc4nc(N)oc4c3)[C@H]2C1. The van der Waals surface area contributed by atoms with E-state index < -0.39 is 17.9 Å². The van der Waals surface area contributed by atoms with E-state index in [0.29, 0.717) is 23.2 Å². The number of hydrogen-bond donors (Lipinski definition) is 4. The third kappa shape index (κ3) is 3.02. The molecule has 10 heteroatoms. The molecule has 0 bridgehead atoms. The molecule has 1 aromatic heterocycles. The molecule has 0 radical (unpaired) electrons. The average Bonchev–Trinajstić information content (AvgIpc) is 3.02. The van der Waals surface area contributed by atoms with Gasteiger partial charge in [0.2, 0.25) is 5.91 Å². The number of oxazole rings is 1. The third-order valence-electron chi connectivity index (χ3n) is 4.93. The molecule has 146 valence electrons. The Bertz CT molecular complexity index is 1010. The minimum absolute atomic E-state index is 0.0130. The minimum atomic E-state index is -1.14. The number of hydrogen-bond acceptors (Lipinski definition) is 7. The highest BCUT2D eigenvalue weighted by Crippen LogP contribution is 2.35. The molecule has 1 fully saturated rings. The van der Waals surface area contributed by atoms with Crippen LogP contribution in [0.25, 0.3) is 11.1 Å². The number of fused-ring (bicyclic) bond motifs is 2. The van der Waals surface area contributed by atoms with Crippen molar-refractivity contribution in [1.82, 2.24) is 15.2 Å². The summed E-state index contributed by atoms with van der Waals surface area (Å²) in [6.45, 7) is 1.83. The van der Waals surface area contributed by atoms with E-state index in [2.05, 4.69) is 15.6 Å². The third-order valence-corrected chi connectivity index (χ3v) is 4.93. The van der Waals surface area contributed by atoms with Crippen LogP contribution in [0.4, 0.5) is 11.7 Å². The highest BCUT2D eigenvalue weighted by molar-refractivity contribution is 6.01. The average molecular weight is 385 g/mol. The Kier molecular flexibility index (Phi) is 4.17. The monoisotopic (exact) mass is 385 g/mol. The summed E-state index contributed by atoms with van der Waals surface area (Å²) in [5.74, 6) is -1.90. The number of carboxylic acid groups (broad SMARTS) is 1. The molecule has 10 nitrogen and oxygen atoms in total. The summed E-state index contributed by atoms with van der Waals surface area (Å²) >= 11 is 0. The lowest BCUT2D eigenvalue weighted by Crippen LogP contribution is -2.72. The van der Waals surface area contributed by atoms with Crippen molar-refractivity contribution in [1.29, 1.82) is 0 Å². The minimum Gasteiger partial charge on any atom is -0.477 e. The molecular weight excluding hydrogens is 366 g/mol. The summed E-state index contributed by atoms with van der Waals surface area (Å²) in [4.78, 5) is 41.2. The van der Waals surface area contributed by atoms with Crippen LogP contribution in [0.3, 0.4) is 0 Å². The lowest BCUT2D eigenvalue weighted by Gasteiger charge is -2.50. The standard InChI is InChI=1S/C18H19N5O5/c1-8-4-11-15(16(25)23(11)12(5-8)17(26)27)22-14(24)7-20-9-2-3-10-13(6-9)28-18(19)21-10/h2-3,5-6,8,11,15,20H,4,7H2,1H3,(H2,19,21)(H,22,24)(H,26,27)/t8-,11-,15+/m1/s1. The van der Waals surface area contributed by atoms with Crippen molar-refractivity contribution in [2.45, 2.75) is 25.4 Å². The zero-order valence-corrected chi connectivity index (χ0v) is 15.0. The number of allylic oxidation sites excluding steroid dienone is 1. The van der Waals surface area contributed by atoms with E-state index in [4.69, 9.17) is 10.2 Å². The Morgan fingerprint density at radius 3 is 2.96 bits per heavy atom. The van der Waals surface area contributed by atoms with Gasteiger partial charge in [-0.15, -0.1) is 0 Å². The maximum absolute atomic E-state index is 12.3. The molecule has 2 aliphatic rings. The van der Waals surface area contributed by atoms with Gasteiger partial charge in [-0.05, 0) is 24.5 Å². The number of amides is 2. The summed E-state index contributed by atoms with van der Waals surface area (Å²) in [6, 6.07) is 4.14. The van der Waals surface area contributed by atoms with Gasteiger partial charge < -0.3 is 25.9 Å². The van der Waals surface area contributed by atoms with Crippen LogP contribution in [0.2, 0.25) is 0 Å². The van der Waals surface area contributed by atoms with Crippen molar-refractivity contribution < 1.29 is 23.9 Å². The molecule has 2 aliphatic heterocycles. The Morgan fingerprint density at radius 1 is 1.43 bits per heavy atom. The topological polar surface area (TPSA) is 151 Å². The molecule has 2 aromatic rings. The van der Waals surface area contributed by atoms with Crippen molar-refractivity contribution in [2.24, 2.45) is 5.92 Å². The zero-order valence-electron chi connectivity index (χ0n) is 15.0. The maximum atomic E-state index is 12.3. The van der Waals surface area contributed by atoms with Crippen LogP contribution in [0.1, 0.15) is 13.3 Å². The predicted molar refractivity (Wildman–Crippen MR) is 99.0 cm³/mol. The fourth-order valence-electron chi connectivity index (χ4n) is 3.67. The van der Waals surface area contributed by atoms with Gasteiger partial charge in [0.25, 0.3) is 11.9 Å². The van der Waals surface area contributed by atoms with Gasteiger partial charge in [-0.25, -0.2) is 4.79 Å². The summed E-state index contributed by atoms with van der Waals surface area (Å²) in [5, 5.41) is 14.9. The predicted octanol–water partition coefficient (Wildman–Crippen LogP) is 0.526. The van der Waals surface area contributed by atoms with Gasteiger partial charge in [-0.2, -0.15) is 4.98 Å². The number of rotatable bonds is 5. The number of aromatic nitrogens is 1. The molecule has 0 spiro atoms. The van der Waals surface area contributed by atoms with Crippen molar-refractivity contribution in [2.75, 3.05) is 17.6 Å². The van der Waals surface area contributed by atoms with Crippen molar-refractivity contribution in [3.05, 3.63) is 30.0 Å². The molecule has 5 N–H and O–H groups in total. The van der Waals surface area contributed by atoms with E-state index in [-0.39, 0.29) is 36.1 Å². The second-order valence-electron chi connectivity index (χ2n) is 6.98. The Morgan fingerprint density at radius 2 is 2.21 bits per heavy atom. The molecule has 28 heavy (non-hydrogen) atoms. The lowest BCUT2D eigenvalue weighted by atomic mass is 9.82. The Balaban J connectivity index is 1.37. The van der Waals surface area contributed by atoms with Gasteiger partial charge in [-0.1, -0.05) is 13.0 Å². The van der Waals surface area contributed by atoms with E-state index in [1.807, 2.05) is 6.92 Å². The first-order valence-corrected chi connectivity index (χ1v) is 8.81. The van der Waals surface area contributed by atoms with E-state index in [1.165, 1.54) is 4.90 Å². The molecule has 3 atom stereocenters. The number of nitrogens with two attached hydrogens (primary N) is 1. The number of nitrogens with zero attached hydrogens (tertiary/aromatic N) is 2. The number of aliphatic carboxylic acids is 1. The molecule has 4 rings (SSSR count). The molecule has 2 amide bonds. The van der Waals surface area contributed by atoms with Gasteiger partial charge in [0, 0.05) is 11.8 Å². The van der Waals surface area contributed by atoms with Crippen LogP contribution in [0.5, 0.6) is 0 Å². The van der Waals surface area contributed by atoms with Gasteiger partial charge >= 0.3 is 5.97 Å².